The van der Waals surface area contributed by atoms with Crippen LogP contribution in [0.3, 0.4) is 0 Å². The maximum absolute atomic E-state index is 5.78. The molecule has 0 amide bonds. The van der Waals surface area contributed by atoms with Crippen LogP contribution < -0.4 is 0 Å². The van der Waals surface area contributed by atoms with Gasteiger partial charge in [0.25, 0.3) is 0 Å². The van der Waals surface area contributed by atoms with Gasteiger partial charge in [-0.25, -0.2) is 0 Å². The van der Waals surface area contributed by atoms with Crippen LogP contribution in [-0.4, -0.2) is 16.4 Å². The summed E-state index contributed by atoms with van der Waals surface area (Å²) in [5.74, 6) is 0. The van der Waals surface area contributed by atoms with Crippen LogP contribution in [0.25, 0.3) is 0 Å². The molecule has 1 nitrogen and oxygen atoms in total. The summed E-state index contributed by atoms with van der Waals surface area (Å²) >= 11 is 0. The largest absolute Gasteiger partial charge is 0.416 e. The Hall–Kier alpha value is -1.38. The Kier molecular flexibility index (Phi) is 5.18. The molecule has 0 N–H and O–H groups in total. The Morgan fingerprint density at radius 3 is 1.83 bits per heavy atom. The lowest BCUT2D eigenvalue weighted by Gasteiger charge is -2.16. The summed E-state index contributed by atoms with van der Waals surface area (Å²) in [5.41, 5.74) is 3.02. The molecule has 2 aromatic rings. The van der Waals surface area contributed by atoms with Crippen LogP contribution in [0.5, 0.6) is 0 Å². The first-order valence-electron chi connectivity index (χ1n) is 6.39. The maximum Gasteiger partial charge on any atom is 0.242 e. The zero-order valence-electron chi connectivity index (χ0n) is 10.7. The third kappa shape index (κ3) is 3.55. The van der Waals surface area contributed by atoms with Crippen molar-refractivity contribution < 1.29 is 4.43 Å². The van der Waals surface area contributed by atoms with Gasteiger partial charge in [0.15, 0.2) is 0 Å². The highest BCUT2D eigenvalue weighted by Gasteiger charge is 2.15. The molecule has 0 atom stereocenters. The van der Waals surface area contributed by atoms with E-state index in [0.29, 0.717) is 15.3 Å². The molecule has 18 heavy (non-hydrogen) atoms. The lowest BCUT2D eigenvalue weighted by Crippen LogP contribution is -2.14. The van der Waals surface area contributed by atoms with E-state index in [2.05, 4.69) is 67.6 Å². The van der Waals surface area contributed by atoms with E-state index in [1.807, 2.05) is 0 Å². The average molecular weight is 254 g/mol. The van der Waals surface area contributed by atoms with Crippen LogP contribution in [0, 0.1) is 0 Å². The number of rotatable bonds is 6. The van der Waals surface area contributed by atoms with Gasteiger partial charge in [0.1, 0.15) is 0 Å². The maximum atomic E-state index is 5.78. The van der Waals surface area contributed by atoms with E-state index in [1.54, 1.807) is 0 Å². The van der Waals surface area contributed by atoms with Crippen LogP contribution in [0.2, 0.25) is 0 Å². The van der Waals surface area contributed by atoms with Crippen molar-refractivity contribution in [3.8, 4) is 0 Å². The Morgan fingerprint density at radius 1 is 0.889 bits per heavy atom. The highest BCUT2D eigenvalue weighted by atomic mass is 28.2. The summed E-state index contributed by atoms with van der Waals surface area (Å²) in [4.78, 5) is 0. The average Bonchev–Trinajstić information content (AvgIpc) is 2.46. The van der Waals surface area contributed by atoms with Gasteiger partial charge in [-0.1, -0.05) is 67.6 Å². The second-order valence-corrected chi connectivity index (χ2v) is 5.32. The topological polar surface area (TPSA) is 9.23 Å². The molecular formula is C16H18OSi. The van der Waals surface area contributed by atoms with Gasteiger partial charge in [0.2, 0.25) is 9.76 Å². The molecule has 0 aromatic heterocycles. The van der Waals surface area contributed by atoms with E-state index in [-0.39, 0.29) is 0 Å². The molecule has 2 heteroatoms. The molecule has 0 spiro atoms. The molecule has 0 aliphatic carbocycles. The fourth-order valence-corrected chi connectivity index (χ4v) is 3.01. The lowest BCUT2D eigenvalue weighted by molar-refractivity contribution is 0.331. The molecule has 0 saturated carbocycles. The van der Waals surface area contributed by atoms with Gasteiger partial charge in [0.05, 0.1) is 0 Å². The smallest absolute Gasteiger partial charge is 0.242 e. The van der Waals surface area contributed by atoms with Gasteiger partial charge in [0, 0.05) is 12.1 Å². The minimum absolute atomic E-state index is 0.360. The van der Waals surface area contributed by atoms with Crippen LogP contribution in [0.1, 0.15) is 30.0 Å². The summed E-state index contributed by atoms with van der Waals surface area (Å²) in [5, 5.41) is 0. The third-order valence-electron chi connectivity index (χ3n) is 2.77. The van der Waals surface area contributed by atoms with Gasteiger partial charge in [-0.2, -0.15) is 0 Å². The quantitative estimate of drug-likeness (QED) is 0.562. The summed E-state index contributed by atoms with van der Waals surface area (Å²) in [6, 6.07) is 21.2. The summed E-state index contributed by atoms with van der Waals surface area (Å²) in [6.07, 6.45) is 1.07. The Bertz CT molecular complexity index is 402. The minimum atomic E-state index is 0.360. The van der Waals surface area contributed by atoms with E-state index >= 15 is 0 Å². The molecule has 0 unspecified atom stereocenters. The molecule has 0 fully saturated rings. The van der Waals surface area contributed by atoms with Crippen molar-refractivity contribution in [2.45, 2.75) is 18.9 Å². The van der Waals surface area contributed by atoms with Gasteiger partial charge in [-0.15, -0.1) is 0 Å². The number of benzene rings is 2. The van der Waals surface area contributed by atoms with Crippen LogP contribution in [0.4, 0.5) is 0 Å². The Morgan fingerprint density at radius 2 is 1.39 bits per heavy atom. The standard InChI is InChI=1S/C16H18OSi/c1-2-13-17-18-16(14-9-5-3-6-10-14)15-11-7-4-8-12-15/h3-12,16H,2,13H2,1H3. The normalized spacial score (nSPS) is 10.8. The first kappa shape index (κ1) is 13.1. The van der Waals surface area contributed by atoms with E-state index in [4.69, 9.17) is 4.43 Å². The van der Waals surface area contributed by atoms with Crippen LogP contribution in [0.15, 0.2) is 60.7 Å². The molecule has 2 radical (unpaired) electrons. The van der Waals surface area contributed by atoms with Crippen molar-refractivity contribution in [1.82, 2.24) is 0 Å². The second kappa shape index (κ2) is 7.14. The predicted molar refractivity (Wildman–Crippen MR) is 76.7 cm³/mol. The van der Waals surface area contributed by atoms with Crippen molar-refractivity contribution in [2.24, 2.45) is 0 Å². The molecule has 2 rings (SSSR count). The predicted octanol–water partition coefficient (Wildman–Crippen LogP) is 3.82. The third-order valence-corrected chi connectivity index (χ3v) is 4.05. The second-order valence-electron chi connectivity index (χ2n) is 4.22. The van der Waals surface area contributed by atoms with Crippen molar-refractivity contribution in [2.75, 3.05) is 6.61 Å². The molecular weight excluding hydrogens is 236 g/mol. The van der Waals surface area contributed by atoms with Crippen molar-refractivity contribution >= 4 is 9.76 Å². The first-order chi connectivity index (χ1) is 8.92. The Labute approximate surface area is 112 Å². The van der Waals surface area contributed by atoms with Crippen molar-refractivity contribution in [3.05, 3.63) is 71.8 Å². The fraction of sp³-hybridized carbons (Fsp3) is 0.250. The minimum Gasteiger partial charge on any atom is -0.416 e. The van der Waals surface area contributed by atoms with Crippen molar-refractivity contribution in [1.29, 1.82) is 0 Å². The van der Waals surface area contributed by atoms with Gasteiger partial charge in [-0.05, 0) is 17.5 Å². The van der Waals surface area contributed by atoms with Crippen LogP contribution in [-0.2, 0) is 4.43 Å². The SMILES string of the molecule is CCCO[Si]C(c1ccccc1)c1ccccc1. The summed E-state index contributed by atoms with van der Waals surface area (Å²) in [7, 11) is 0.485. The summed E-state index contributed by atoms with van der Waals surface area (Å²) < 4.78 is 5.78. The molecule has 0 heterocycles. The number of hydrogen-bond acceptors (Lipinski definition) is 1. The highest BCUT2D eigenvalue weighted by molar-refractivity contribution is 6.31. The molecule has 0 aliphatic heterocycles. The fourth-order valence-electron chi connectivity index (χ4n) is 1.86. The molecule has 92 valence electrons. The monoisotopic (exact) mass is 254 g/mol. The van der Waals surface area contributed by atoms with Gasteiger partial charge < -0.3 is 4.43 Å². The molecule has 0 aliphatic rings. The molecule has 0 bridgehead atoms. The molecule has 0 saturated heterocycles. The zero-order valence-corrected chi connectivity index (χ0v) is 11.7. The molecule has 2 aromatic carbocycles. The van der Waals surface area contributed by atoms with Crippen molar-refractivity contribution in [3.63, 3.8) is 0 Å². The van der Waals surface area contributed by atoms with E-state index in [9.17, 15) is 0 Å². The number of hydrogen-bond donors (Lipinski definition) is 0. The van der Waals surface area contributed by atoms with Gasteiger partial charge in [-0.3, -0.25) is 0 Å². The van der Waals surface area contributed by atoms with E-state index in [0.717, 1.165) is 13.0 Å². The highest BCUT2D eigenvalue weighted by Crippen LogP contribution is 2.23. The zero-order chi connectivity index (χ0) is 12.6. The lowest BCUT2D eigenvalue weighted by atomic mass is 10.0. The Balaban J connectivity index is 2.18. The van der Waals surface area contributed by atoms with E-state index < -0.39 is 0 Å². The summed E-state index contributed by atoms with van der Waals surface area (Å²) in [6.45, 7) is 2.99. The van der Waals surface area contributed by atoms with Gasteiger partial charge >= 0.3 is 0 Å². The van der Waals surface area contributed by atoms with E-state index in [1.165, 1.54) is 11.1 Å². The van der Waals surface area contributed by atoms with Crippen LogP contribution >= 0.6 is 0 Å². The first-order valence-corrected chi connectivity index (χ1v) is 7.37.